The predicted octanol–water partition coefficient (Wildman–Crippen LogP) is 1.12. The van der Waals surface area contributed by atoms with Gasteiger partial charge in [0.15, 0.2) is 0 Å². The molecule has 0 aromatic carbocycles. The van der Waals surface area contributed by atoms with Crippen LogP contribution in [0, 0.1) is 5.92 Å². The van der Waals surface area contributed by atoms with E-state index in [0.717, 1.165) is 44.9 Å². The third-order valence-electron chi connectivity index (χ3n) is 2.32. The van der Waals surface area contributed by atoms with Gasteiger partial charge >= 0.3 is 0 Å². The Kier molecular flexibility index (Phi) is 3.83. The molecule has 0 saturated carbocycles. The zero-order chi connectivity index (χ0) is 8.10. The van der Waals surface area contributed by atoms with Gasteiger partial charge in [-0.1, -0.05) is 0 Å². The van der Waals surface area contributed by atoms with Crippen LogP contribution in [-0.2, 0) is 4.74 Å². The summed E-state index contributed by atoms with van der Waals surface area (Å²) in [5.74, 6) is 0.762. The lowest BCUT2D eigenvalue weighted by atomic mass is 9.95. The van der Waals surface area contributed by atoms with E-state index >= 15 is 0 Å². The molecule has 0 radical (unpaired) electrons. The van der Waals surface area contributed by atoms with E-state index in [1.54, 1.807) is 7.11 Å². The van der Waals surface area contributed by atoms with Crippen LogP contribution in [-0.4, -0.2) is 37.1 Å². The van der Waals surface area contributed by atoms with Gasteiger partial charge in [0, 0.05) is 26.8 Å². The Morgan fingerprint density at radius 2 is 2.09 bits per heavy atom. The van der Waals surface area contributed by atoms with Crippen molar-refractivity contribution < 1.29 is 9.94 Å². The molecule has 1 saturated heterocycles. The van der Waals surface area contributed by atoms with E-state index in [-0.39, 0.29) is 0 Å². The molecule has 66 valence electrons. The van der Waals surface area contributed by atoms with Crippen LogP contribution in [0.3, 0.4) is 0 Å². The lowest BCUT2D eigenvalue weighted by Gasteiger charge is -2.26. The molecule has 0 atom stereocenters. The van der Waals surface area contributed by atoms with E-state index in [1.807, 2.05) is 0 Å². The van der Waals surface area contributed by atoms with Gasteiger partial charge in [0.25, 0.3) is 0 Å². The van der Waals surface area contributed by atoms with Gasteiger partial charge in [-0.3, -0.25) is 0 Å². The zero-order valence-corrected chi connectivity index (χ0v) is 7.12. The lowest BCUT2D eigenvalue weighted by molar-refractivity contribution is -0.113. The number of hydroxylamine groups is 2. The molecule has 0 aromatic heterocycles. The molecular formula is C8H17NO2. The first-order valence-electron chi connectivity index (χ1n) is 4.25. The Bertz CT molecular complexity index is 97.5. The highest BCUT2D eigenvalue weighted by atomic mass is 16.5. The lowest BCUT2D eigenvalue weighted by Crippen LogP contribution is -2.31. The monoisotopic (exact) mass is 159 g/mol. The number of piperidine rings is 1. The topological polar surface area (TPSA) is 32.7 Å². The van der Waals surface area contributed by atoms with Crippen LogP contribution in [0.1, 0.15) is 19.3 Å². The molecular weight excluding hydrogens is 142 g/mol. The van der Waals surface area contributed by atoms with Crippen molar-refractivity contribution >= 4 is 0 Å². The molecule has 3 heteroatoms. The fourth-order valence-electron chi connectivity index (χ4n) is 1.49. The number of rotatable bonds is 3. The third-order valence-corrected chi connectivity index (χ3v) is 2.32. The van der Waals surface area contributed by atoms with Gasteiger partial charge in [0.05, 0.1) is 0 Å². The Hall–Kier alpha value is -0.120. The number of methoxy groups -OCH3 is 1. The molecule has 0 aliphatic carbocycles. The third kappa shape index (κ3) is 3.18. The molecule has 0 aromatic rings. The molecule has 3 nitrogen and oxygen atoms in total. The second kappa shape index (κ2) is 4.70. The molecule has 0 unspecified atom stereocenters. The fraction of sp³-hybridized carbons (Fsp3) is 1.00. The molecule has 1 heterocycles. The Morgan fingerprint density at radius 1 is 1.45 bits per heavy atom. The first-order valence-corrected chi connectivity index (χ1v) is 4.25. The van der Waals surface area contributed by atoms with E-state index in [1.165, 1.54) is 5.06 Å². The summed E-state index contributed by atoms with van der Waals surface area (Å²) in [6, 6.07) is 0. The minimum absolute atomic E-state index is 0.762. The number of hydrogen-bond acceptors (Lipinski definition) is 3. The molecule has 1 fully saturated rings. The van der Waals surface area contributed by atoms with E-state index in [0.29, 0.717) is 0 Å². The average Bonchev–Trinajstić information content (AvgIpc) is 2.04. The van der Waals surface area contributed by atoms with E-state index in [9.17, 15) is 0 Å². The highest BCUT2D eigenvalue weighted by Crippen LogP contribution is 2.18. The van der Waals surface area contributed by atoms with Gasteiger partial charge in [0.2, 0.25) is 0 Å². The van der Waals surface area contributed by atoms with Gasteiger partial charge in [-0.2, -0.15) is 5.06 Å². The minimum Gasteiger partial charge on any atom is -0.385 e. The van der Waals surface area contributed by atoms with Crippen molar-refractivity contribution in [1.29, 1.82) is 0 Å². The summed E-state index contributed by atoms with van der Waals surface area (Å²) in [5.41, 5.74) is 0. The first-order chi connectivity index (χ1) is 5.33. The Labute approximate surface area is 67.9 Å². The fourth-order valence-corrected chi connectivity index (χ4v) is 1.49. The number of ether oxygens (including phenoxy) is 1. The molecule has 0 bridgehead atoms. The molecule has 11 heavy (non-hydrogen) atoms. The van der Waals surface area contributed by atoms with Crippen molar-refractivity contribution in [2.45, 2.75) is 19.3 Å². The SMILES string of the molecule is COCCC1CCN(O)CC1. The summed E-state index contributed by atoms with van der Waals surface area (Å²) in [6.45, 7) is 2.51. The van der Waals surface area contributed by atoms with Crippen molar-refractivity contribution in [3.05, 3.63) is 0 Å². The summed E-state index contributed by atoms with van der Waals surface area (Å²) in [4.78, 5) is 0. The summed E-state index contributed by atoms with van der Waals surface area (Å²) in [7, 11) is 1.74. The maximum atomic E-state index is 9.05. The van der Waals surface area contributed by atoms with Crippen LogP contribution >= 0.6 is 0 Å². The van der Waals surface area contributed by atoms with Crippen LogP contribution in [0.15, 0.2) is 0 Å². The molecule has 1 aliphatic heterocycles. The van der Waals surface area contributed by atoms with Crippen LogP contribution < -0.4 is 0 Å². The second-order valence-corrected chi connectivity index (χ2v) is 3.18. The van der Waals surface area contributed by atoms with Crippen LogP contribution in [0.4, 0.5) is 0 Å². The standard InChI is InChI=1S/C8H17NO2/c1-11-7-4-8-2-5-9(10)6-3-8/h8,10H,2-7H2,1H3. The summed E-state index contributed by atoms with van der Waals surface area (Å²) >= 11 is 0. The Balaban J connectivity index is 2.07. The molecule has 1 N–H and O–H groups in total. The van der Waals surface area contributed by atoms with Crippen molar-refractivity contribution in [3.63, 3.8) is 0 Å². The van der Waals surface area contributed by atoms with Crippen molar-refractivity contribution in [2.75, 3.05) is 26.8 Å². The molecule has 1 aliphatic rings. The predicted molar refractivity (Wildman–Crippen MR) is 42.6 cm³/mol. The van der Waals surface area contributed by atoms with E-state index in [2.05, 4.69) is 0 Å². The van der Waals surface area contributed by atoms with E-state index < -0.39 is 0 Å². The summed E-state index contributed by atoms with van der Waals surface area (Å²) in [5, 5.41) is 10.5. The van der Waals surface area contributed by atoms with Crippen LogP contribution in [0.25, 0.3) is 0 Å². The van der Waals surface area contributed by atoms with Crippen LogP contribution in [0.5, 0.6) is 0 Å². The van der Waals surface area contributed by atoms with Gasteiger partial charge in [-0.25, -0.2) is 0 Å². The van der Waals surface area contributed by atoms with Gasteiger partial charge in [-0.05, 0) is 25.2 Å². The second-order valence-electron chi connectivity index (χ2n) is 3.18. The van der Waals surface area contributed by atoms with Gasteiger partial charge < -0.3 is 9.94 Å². The summed E-state index contributed by atoms with van der Waals surface area (Å²) in [6.07, 6.45) is 3.37. The molecule has 0 spiro atoms. The Morgan fingerprint density at radius 3 is 2.64 bits per heavy atom. The highest BCUT2D eigenvalue weighted by Gasteiger charge is 2.16. The maximum Gasteiger partial charge on any atom is 0.0464 e. The number of hydrogen-bond donors (Lipinski definition) is 1. The normalized spacial score (nSPS) is 22.4. The van der Waals surface area contributed by atoms with Crippen molar-refractivity contribution in [2.24, 2.45) is 5.92 Å². The first kappa shape index (κ1) is 8.97. The molecule has 1 rings (SSSR count). The smallest absolute Gasteiger partial charge is 0.0464 e. The summed E-state index contributed by atoms with van der Waals surface area (Å²) < 4.78 is 5.00. The van der Waals surface area contributed by atoms with Gasteiger partial charge in [0.1, 0.15) is 0 Å². The average molecular weight is 159 g/mol. The quantitative estimate of drug-likeness (QED) is 0.670. The van der Waals surface area contributed by atoms with Crippen LogP contribution in [0.2, 0.25) is 0 Å². The number of nitrogens with zero attached hydrogens (tertiary/aromatic N) is 1. The van der Waals surface area contributed by atoms with Gasteiger partial charge in [-0.15, -0.1) is 0 Å². The van der Waals surface area contributed by atoms with Crippen molar-refractivity contribution in [3.8, 4) is 0 Å². The maximum absolute atomic E-state index is 9.05. The zero-order valence-electron chi connectivity index (χ0n) is 7.12. The van der Waals surface area contributed by atoms with E-state index in [4.69, 9.17) is 9.94 Å². The highest BCUT2D eigenvalue weighted by molar-refractivity contribution is 4.67. The molecule has 0 amide bonds. The largest absolute Gasteiger partial charge is 0.385 e. The van der Waals surface area contributed by atoms with Crippen molar-refractivity contribution in [1.82, 2.24) is 5.06 Å². The minimum atomic E-state index is 0.762.